The number of carbonyl (C=O) groups is 1. The van der Waals surface area contributed by atoms with E-state index in [9.17, 15) is 4.79 Å². The van der Waals surface area contributed by atoms with Crippen molar-refractivity contribution in [2.24, 2.45) is 11.8 Å². The Balaban J connectivity index is 3.64. The summed E-state index contributed by atoms with van der Waals surface area (Å²) in [5.41, 5.74) is 6.68. The molecule has 0 saturated carbocycles. The van der Waals surface area contributed by atoms with Gasteiger partial charge in [0.2, 0.25) is 5.91 Å². The zero-order valence-electron chi connectivity index (χ0n) is 5.56. The van der Waals surface area contributed by atoms with Crippen molar-refractivity contribution in [3.8, 4) is 0 Å². The Morgan fingerprint density at radius 1 is 1.38 bits per heavy atom. The Morgan fingerprint density at radius 2 is 1.75 bits per heavy atom. The molecule has 47 valence electrons. The van der Waals surface area contributed by atoms with Crippen LogP contribution in [0.15, 0.2) is 0 Å². The molecular weight excluding hydrogens is 102 g/mol. The normalized spacial score (nSPS) is 14.0. The van der Waals surface area contributed by atoms with Crippen molar-refractivity contribution in [3.63, 3.8) is 0 Å². The van der Waals surface area contributed by atoms with Crippen LogP contribution in [0.2, 0.25) is 0 Å². The second kappa shape index (κ2) is 2.70. The van der Waals surface area contributed by atoms with Gasteiger partial charge in [-0.05, 0) is 5.92 Å². The van der Waals surface area contributed by atoms with Gasteiger partial charge in [0.15, 0.2) is 0 Å². The van der Waals surface area contributed by atoms with E-state index in [1.165, 1.54) is 0 Å². The van der Waals surface area contributed by atoms with Crippen molar-refractivity contribution in [2.75, 3.05) is 0 Å². The standard InChI is InChI=1S/C6H12NO/c1-4(2)5(3)6(7)8/h4-5,7H,1-3H3. The molecule has 1 N–H and O–H groups in total. The van der Waals surface area contributed by atoms with Crippen LogP contribution in [0.25, 0.3) is 0 Å². The monoisotopic (exact) mass is 114 g/mol. The van der Waals surface area contributed by atoms with Crippen molar-refractivity contribution < 1.29 is 4.79 Å². The van der Waals surface area contributed by atoms with Crippen molar-refractivity contribution >= 4 is 5.91 Å². The van der Waals surface area contributed by atoms with Crippen LogP contribution in [0.4, 0.5) is 0 Å². The summed E-state index contributed by atoms with van der Waals surface area (Å²) >= 11 is 0. The van der Waals surface area contributed by atoms with Gasteiger partial charge < -0.3 is 0 Å². The van der Waals surface area contributed by atoms with E-state index >= 15 is 0 Å². The molecule has 0 rings (SSSR count). The molecular formula is C6H12NO. The van der Waals surface area contributed by atoms with E-state index in [0.717, 1.165) is 0 Å². The molecule has 0 aliphatic carbocycles. The lowest BCUT2D eigenvalue weighted by atomic mass is 9.98. The zero-order chi connectivity index (χ0) is 6.73. The van der Waals surface area contributed by atoms with Gasteiger partial charge in [-0.15, -0.1) is 0 Å². The predicted octanol–water partition coefficient (Wildman–Crippen LogP) is 1.09. The molecule has 2 heteroatoms. The number of nitrogens with one attached hydrogen (secondary N) is 1. The van der Waals surface area contributed by atoms with Gasteiger partial charge in [-0.2, -0.15) is 0 Å². The number of hydrogen-bond acceptors (Lipinski definition) is 1. The minimum Gasteiger partial charge on any atom is -0.273 e. The molecule has 0 bridgehead atoms. The summed E-state index contributed by atoms with van der Waals surface area (Å²) < 4.78 is 0. The smallest absolute Gasteiger partial charge is 0.241 e. The molecule has 1 radical (unpaired) electrons. The first-order valence-corrected chi connectivity index (χ1v) is 2.81. The molecule has 0 aromatic carbocycles. The number of amides is 1. The number of rotatable bonds is 2. The van der Waals surface area contributed by atoms with Gasteiger partial charge >= 0.3 is 0 Å². The minimum absolute atomic E-state index is 0.102. The summed E-state index contributed by atoms with van der Waals surface area (Å²) in [6, 6.07) is 0. The summed E-state index contributed by atoms with van der Waals surface area (Å²) in [4.78, 5) is 10.3. The second-order valence-electron chi connectivity index (χ2n) is 2.40. The first-order chi connectivity index (χ1) is 3.55. The quantitative estimate of drug-likeness (QED) is 0.529. The minimum atomic E-state index is -0.458. The summed E-state index contributed by atoms with van der Waals surface area (Å²) in [6.07, 6.45) is 0. The molecule has 0 aliphatic heterocycles. The van der Waals surface area contributed by atoms with Crippen LogP contribution < -0.4 is 5.73 Å². The highest BCUT2D eigenvalue weighted by Gasteiger charge is 2.12. The first kappa shape index (κ1) is 7.47. The van der Waals surface area contributed by atoms with Gasteiger partial charge in [-0.25, -0.2) is 0 Å². The highest BCUT2D eigenvalue weighted by atomic mass is 16.1. The van der Waals surface area contributed by atoms with Crippen molar-refractivity contribution in [1.82, 2.24) is 5.73 Å². The molecule has 0 heterocycles. The average Bonchev–Trinajstić information content (AvgIpc) is 1.64. The number of hydrogen-bond donors (Lipinski definition) is 0. The summed E-state index contributed by atoms with van der Waals surface area (Å²) in [5.74, 6) is -0.255. The van der Waals surface area contributed by atoms with Crippen LogP contribution >= 0.6 is 0 Å². The maximum Gasteiger partial charge on any atom is 0.241 e. The Hall–Kier alpha value is -0.530. The van der Waals surface area contributed by atoms with Crippen LogP contribution in [0.1, 0.15) is 20.8 Å². The van der Waals surface area contributed by atoms with Gasteiger partial charge in [0, 0.05) is 5.92 Å². The van der Waals surface area contributed by atoms with Gasteiger partial charge in [0.25, 0.3) is 0 Å². The van der Waals surface area contributed by atoms with Gasteiger partial charge in [0.1, 0.15) is 0 Å². The molecule has 2 nitrogen and oxygen atoms in total. The van der Waals surface area contributed by atoms with Crippen LogP contribution in [0.3, 0.4) is 0 Å². The lowest BCUT2D eigenvalue weighted by molar-refractivity contribution is -0.123. The lowest BCUT2D eigenvalue weighted by Gasteiger charge is -2.08. The predicted molar refractivity (Wildman–Crippen MR) is 32.1 cm³/mol. The van der Waals surface area contributed by atoms with Crippen LogP contribution in [0, 0.1) is 11.8 Å². The molecule has 0 aromatic rings. The fourth-order valence-electron chi connectivity index (χ4n) is 0.303. The highest BCUT2D eigenvalue weighted by molar-refractivity contribution is 5.75. The van der Waals surface area contributed by atoms with Crippen molar-refractivity contribution in [2.45, 2.75) is 20.8 Å². The Morgan fingerprint density at radius 3 is 1.75 bits per heavy atom. The van der Waals surface area contributed by atoms with E-state index in [0.29, 0.717) is 5.92 Å². The summed E-state index contributed by atoms with van der Waals surface area (Å²) in [7, 11) is 0. The third kappa shape index (κ3) is 1.96. The fraction of sp³-hybridized carbons (Fsp3) is 0.833. The van der Waals surface area contributed by atoms with E-state index in [4.69, 9.17) is 5.73 Å². The largest absolute Gasteiger partial charge is 0.273 e. The van der Waals surface area contributed by atoms with E-state index in [-0.39, 0.29) is 5.92 Å². The molecule has 1 amide bonds. The van der Waals surface area contributed by atoms with Gasteiger partial charge in [0.05, 0.1) is 0 Å². The molecule has 0 aromatic heterocycles. The van der Waals surface area contributed by atoms with E-state index in [1.54, 1.807) is 6.92 Å². The topological polar surface area (TPSA) is 40.9 Å². The Labute approximate surface area is 50.1 Å². The van der Waals surface area contributed by atoms with Crippen molar-refractivity contribution in [1.29, 1.82) is 0 Å². The molecule has 1 atom stereocenters. The highest BCUT2D eigenvalue weighted by Crippen LogP contribution is 2.07. The maximum absolute atomic E-state index is 10.3. The van der Waals surface area contributed by atoms with Crippen LogP contribution in [-0.2, 0) is 4.79 Å². The molecule has 8 heavy (non-hydrogen) atoms. The van der Waals surface area contributed by atoms with E-state index in [1.807, 2.05) is 13.8 Å². The third-order valence-electron chi connectivity index (χ3n) is 1.41. The molecule has 0 spiro atoms. The molecule has 1 unspecified atom stereocenters. The molecule has 0 saturated heterocycles. The molecule has 0 aliphatic rings. The summed E-state index contributed by atoms with van der Waals surface area (Å²) in [6.45, 7) is 5.66. The lowest BCUT2D eigenvalue weighted by Crippen LogP contribution is -2.16. The van der Waals surface area contributed by atoms with Crippen molar-refractivity contribution in [3.05, 3.63) is 0 Å². The SMILES string of the molecule is CC(C)C(C)C([NH])=O. The first-order valence-electron chi connectivity index (χ1n) is 2.81. The number of carbonyl (C=O) groups excluding carboxylic acids is 1. The second-order valence-corrected chi connectivity index (χ2v) is 2.40. The van der Waals surface area contributed by atoms with Crippen LogP contribution in [-0.4, -0.2) is 5.91 Å². The summed E-state index contributed by atoms with van der Waals surface area (Å²) in [5, 5.41) is 0. The average molecular weight is 114 g/mol. The zero-order valence-corrected chi connectivity index (χ0v) is 5.56. The maximum atomic E-state index is 10.3. The third-order valence-corrected chi connectivity index (χ3v) is 1.41. The Bertz CT molecular complexity index is 88.5. The Kier molecular flexibility index (Phi) is 2.52. The molecule has 0 fully saturated rings. The van der Waals surface area contributed by atoms with E-state index in [2.05, 4.69) is 0 Å². The van der Waals surface area contributed by atoms with Gasteiger partial charge in [-0.3, -0.25) is 10.5 Å². The fourth-order valence-corrected chi connectivity index (χ4v) is 0.303. The van der Waals surface area contributed by atoms with Crippen LogP contribution in [0.5, 0.6) is 0 Å². The van der Waals surface area contributed by atoms with Gasteiger partial charge in [-0.1, -0.05) is 20.8 Å². The van der Waals surface area contributed by atoms with E-state index < -0.39 is 5.91 Å².